The lowest BCUT2D eigenvalue weighted by molar-refractivity contribution is 0.166. The second kappa shape index (κ2) is 4.38. The normalized spacial score (nSPS) is 11.8. The lowest BCUT2D eigenvalue weighted by atomic mass is 10.1. The fraction of sp³-hybridized carbons (Fsp3) is 0.400. The van der Waals surface area contributed by atoms with Gasteiger partial charge in [0.15, 0.2) is 11.4 Å². The molecule has 0 saturated heterocycles. The Morgan fingerprint density at radius 1 is 1.28 bits per heavy atom. The number of fused-ring (bicyclic) bond motifs is 1. The molecule has 18 heavy (non-hydrogen) atoms. The fourth-order valence-electron chi connectivity index (χ4n) is 1.80. The first-order valence-corrected chi connectivity index (χ1v) is 6.06. The van der Waals surface area contributed by atoms with Gasteiger partial charge in [0.2, 0.25) is 0 Å². The predicted octanol–water partition coefficient (Wildman–Crippen LogP) is 4.24. The van der Waals surface area contributed by atoms with Crippen LogP contribution >= 0.6 is 0 Å². The molecular weight excluding hydrogens is 226 g/mol. The van der Waals surface area contributed by atoms with Crippen molar-refractivity contribution in [1.82, 2.24) is 0 Å². The molecule has 1 aromatic carbocycles. The maximum Gasteiger partial charge on any atom is 0.188 e. The van der Waals surface area contributed by atoms with Crippen molar-refractivity contribution < 1.29 is 9.15 Å². The average Bonchev–Trinajstić information content (AvgIpc) is 2.68. The number of nitriles is 1. The minimum absolute atomic E-state index is 0.210. The minimum atomic E-state index is -0.865. The molecular formula is C15H17NO2. The number of rotatable bonds is 3. The summed E-state index contributed by atoms with van der Waals surface area (Å²) < 4.78 is 11.7. The molecule has 3 nitrogen and oxygen atoms in total. The number of nitrogens with zero attached hydrogens (tertiary/aromatic N) is 1. The quantitative estimate of drug-likeness (QED) is 0.810. The molecule has 94 valence electrons. The maximum atomic E-state index is 9.09. The summed E-state index contributed by atoms with van der Waals surface area (Å²) in [6.07, 6.45) is 0. The van der Waals surface area contributed by atoms with Crippen molar-refractivity contribution in [1.29, 1.82) is 5.26 Å². The van der Waals surface area contributed by atoms with E-state index in [4.69, 9.17) is 14.4 Å². The van der Waals surface area contributed by atoms with Crippen molar-refractivity contribution in [2.24, 2.45) is 0 Å². The molecule has 0 fully saturated rings. The van der Waals surface area contributed by atoms with Crippen LogP contribution in [0.5, 0.6) is 5.75 Å². The zero-order valence-corrected chi connectivity index (χ0v) is 11.2. The molecule has 0 aliphatic carbocycles. The summed E-state index contributed by atoms with van der Waals surface area (Å²) in [5, 5.41) is 10.0. The Morgan fingerprint density at radius 3 is 2.56 bits per heavy atom. The Balaban J connectivity index is 2.60. The molecule has 0 aliphatic rings. The maximum absolute atomic E-state index is 9.09. The van der Waals surface area contributed by atoms with Gasteiger partial charge in [-0.2, -0.15) is 5.26 Å². The van der Waals surface area contributed by atoms with Gasteiger partial charge in [-0.15, -0.1) is 0 Å². The van der Waals surface area contributed by atoms with Crippen LogP contribution in [0.2, 0.25) is 0 Å². The molecule has 0 unspecified atom stereocenters. The highest BCUT2D eigenvalue weighted by Crippen LogP contribution is 2.39. The smallest absolute Gasteiger partial charge is 0.188 e. The van der Waals surface area contributed by atoms with Crippen molar-refractivity contribution in [2.75, 3.05) is 0 Å². The summed E-state index contributed by atoms with van der Waals surface area (Å²) in [6.45, 7) is 7.59. The van der Waals surface area contributed by atoms with Gasteiger partial charge in [0.05, 0.1) is 5.39 Å². The number of ether oxygens (including phenoxy) is 1. The molecule has 0 saturated carbocycles. The number of para-hydroxylation sites is 1. The highest BCUT2D eigenvalue weighted by atomic mass is 16.5. The SMILES string of the molecule is CC(C)c1oc2ccccc2c1OC(C)(C)C#N. The Hall–Kier alpha value is -1.95. The summed E-state index contributed by atoms with van der Waals surface area (Å²) in [5.41, 5.74) is -0.0686. The number of hydrogen-bond donors (Lipinski definition) is 0. The van der Waals surface area contributed by atoms with Crippen LogP contribution in [0.25, 0.3) is 11.0 Å². The summed E-state index contributed by atoms with van der Waals surface area (Å²) in [7, 11) is 0. The van der Waals surface area contributed by atoms with Gasteiger partial charge in [-0.05, 0) is 26.0 Å². The van der Waals surface area contributed by atoms with Gasteiger partial charge >= 0.3 is 0 Å². The van der Waals surface area contributed by atoms with Crippen molar-refractivity contribution in [3.05, 3.63) is 30.0 Å². The van der Waals surface area contributed by atoms with Gasteiger partial charge in [-0.1, -0.05) is 26.0 Å². The van der Waals surface area contributed by atoms with Gasteiger partial charge in [0.1, 0.15) is 17.4 Å². The largest absolute Gasteiger partial charge is 0.469 e. The molecule has 0 atom stereocenters. The third-order valence-electron chi connectivity index (χ3n) is 2.73. The van der Waals surface area contributed by atoms with E-state index < -0.39 is 5.60 Å². The molecule has 3 heteroatoms. The predicted molar refractivity (Wildman–Crippen MR) is 70.6 cm³/mol. The standard InChI is InChI=1S/C15H17NO2/c1-10(2)13-14(18-15(3,4)9-16)11-7-5-6-8-12(11)17-13/h5-8,10H,1-4H3. The van der Waals surface area contributed by atoms with Crippen LogP contribution in [-0.2, 0) is 0 Å². The van der Waals surface area contributed by atoms with E-state index in [1.54, 1.807) is 13.8 Å². The van der Waals surface area contributed by atoms with Gasteiger partial charge in [0, 0.05) is 5.92 Å². The molecule has 0 aliphatic heterocycles. The van der Waals surface area contributed by atoms with E-state index in [-0.39, 0.29) is 5.92 Å². The first kappa shape index (κ1) is 12.5. The minimum Gasteiger partial charge on any atom is -0.469 e. The van der Waals surface area contributed by atoms with E-state index in [1.165, 1.54) is 0 Å². The van der Waals surface area contributed by atoms with E-state index in [0.717, 1.165) is 16.7 Å². The third kappa shape index (κ3) is 2.19. The number of benzene rings is 1. The molecule has 0 radical (unpaired) electrons. The van der Waals surface area contributed by atoms with Crippen LogP contribution < -0.4 is 4.74 Å². The molecule has 0 bridgehead atoms. The zero-order valence-electron chi connectivity index (χ0n) is 11.2. The van der Waals surface area contributed by atoms with Crippen molar-refractivity contribution in [3.63, 3.8) is 0 Å². The van der Waals surface area contributed by atoms with Crippen molar-refractivity contribution >= 4 is 11.0 Å². The summed E-state index contributed by atoms with van der Waals surface area (Å²) in [5.74, 6) is 1.69. The second-order valence-electron chi connectivity index (χ2n) is 5.17. The highest BCUT2D eigenvalue weighted by molar-refractivity contribution is 5.85. The highest BCUT2D eigenvalue weighted by Gasteiger charge is 2.25. The van der Waals surface area contributed by atoms with Gasteiger partial charge < -0.3 is 9.15 Å². The second-order valence-corrected chi connectivity index (χ2v) is 5.17. The van der Waals surface area contributed by atoms with Crippen LogP contribution in [0, 0.1) is 11.3 Å². The summed E-state index contributed by atoms with van der Waals surface area (Å²) in [4.78, 5) is 0. The molecule has 1 heterocycles. The monoisotopic (exact) mass is 243 g/mol. The number of furan rings is 1. The lowest BCUT2D eigenvalue weighted by Gasteiger charge is -2.19. The Morgan fingerprint density at radius 2 is 1.94 bits per heavy atom. The van der Waals surface area contributed by atoms with Crippen LogP contribution in [0.1, 0.15) is 39.4 Å². The van der Waals surface area contributed by atoms with Gasteiger partial charge in [-0.3, -0.25) is 0 Å². The Bertz CT molecular complexity index is 602. The molecule has 0 spiro atoms. The molecule has 0 N–H and O–H groups in total. The molecule has 2 aromatic rings. The van der Waals surface area contributed by atoms with Crippen LogP contribution in [-0.4, -0.2) is 5.60 Å². The third-order valence-corrected chi connectivity index (χ3v) is 2.73. The Kier molecular flexibility index (Phi) is 3.04. The van der Waals surface area contributed by atoms with Crippen molar-refractivity contribution in [3.8, 4) is 11.8 Å². The summed E-state index contributed by atoms with van der Waals surface area (Å²) in [6, 6.07) is 9.87. The van der Waals surface area contributed by atoms with E-state index in [9.17, 15) is 0 Å². The van der Waals surface area contributed by atoms with Crippen LogP contribution in [0.15, 0.2) is 28.7 Å². The van der Waals surface area contributed by atoms with Crippen LogP contribution in [0.4, 0.5) is 0 Å². The summed E-state index contributed by atoms with van der Waals surface area (Å²) >= 11 is 0. The number of hydrogen-bond acceptors (Lipinski definition) is 3. The van der Waals surface area contributed by atoms with Gasteiger partial charge in [0.25, 0.3) is 0 Å². The molecule has 1 aromatic heterocycles. The van der Waals surface area contributed by atoms with E-state index in [2.05, 4.69) is 6.07 Å². The van der Waals surface area contributed by atoms with Gasteiger partial charge in [-0.25, -0.2) is 0 Å². The topological polar surface area (TPSA) is 46.2 Å². The first-order chi connectivity index (χ1) is 8.44. The van der Waals surface area contributed by atoms with E-state index in [0.29, 0.717) is 5.75 Å². The molecule has 2 rings (SSSR count). The Labute approximate surface area is 107 Å². The van der Waals surface area contributed by atoms with Crippen LogP contribution in [0.3, 0.4) is 0 Å². The van der Waals surface area contributed by atoms with E-state index >= 15 is 0 Å². The molecule has 0 amide bonds. The first-order valence-electron chi connectivity index (χ1n) is 6.06. The van der Waals surface area contributed by atoms with E-state index in [1.807, 2.05) is 38.1 Å². The average molecular weight is 243 g/mol. The lowest BCUT2D eigenvalue weighted by Crippen LogP contribution is -2.25. The van der Waals surface area contributed by atoms with Crippen molar-refractivity contribution in [2.45, 2.75) is 39.2 Å². The zero-order chi connectivity index (χ0) is 13.3. The fourth-order valence-corrected chi connectivity index (χ4v) is 1.80.